The van der Waals surface area contributed by atoms with Gasteiger partial charge in [-0.3, -0.25) is 4.79 Å². The number of carbonyl (C=O) groups excluding carboxylic acids is 1. The molecule has 0 amide bonds. The Labute approximate surface area is 101 Å². The molecule has 0 aliphatic rings. The fraction of sp³-hybridized carbons (Fsp3) is 0.300. The smallest absolute Gasteiger partial charge is 0.310 e. The number of methoxy groups -OCH3 is 2. The molecule has 1 aromatic rings. The molecule has 1 aromatic carbocycles. The van der Waals surface area contributed by atoms with E-state index in [0.29, 0.717) is 16.3 Å². The van der Waals surface area contributed by atoms with Crippen molar-refractivity contribution in [1.82, 2.24) is 0 Å². The average Bonchev–Trinajstić information content (AvgIpc) is 2.23. The predicted octanol–water partition coefficient (Wildman–Crippen LogP) is 2.83. The summed E-state index contributed by atoms with van der Waals surface area (Å²) in [5.74, 6) is 0.194. The molecule has 0 N–H and O–H groups in total. The molecular formula is C10H10BrClO3. The van der Waals surface area contributed by atoms with Crippen molar-refractivity contribution in [3.8, 4) is 5.75 Å². The fourth-order valence-corrected chi connectivity index (χ4v) is 2.04. The van der Waals surface area contributed by atoms with Crippen LogP contribution in [0, 0.1) is 0 Å². The van der Waals surface area contributed by atoms with Gasteiger partial charge in [-0.15, -0.1) is 0 Å². The second kappa shape index (κ2) is 5.37. The van der Waals surface area contributed by atoms with Crippen molar-refractivity contribution in [2.45, 2.75) is 6.42 Å². The number of rotatable bonds is 3. The van der Waals surface area contributed by atoms with Gasteiger partial charge in [0.15, 0.2) is 5.75 Å². The number of esters is 1. The Hall–Kier alpha value is -0.740. The van der Waals surface area contributed by atoms with Crippen molar-refractivity contribution in [2.75, 3.05) is 14.2 Å². The summed E-state index contributed by atoms with van der Waals surface area (Å²) in [5, 5.41) is 0.428. The van der Waals surface area contributed by atoms with Crippen LogP contribution in [0.4, 0.5) is 0 Å². The van der Waals surface area contributed by atoms with Gasteiger partial charge in [0.05, 0.1) is 30.1 Å². The molecule has 1 rings (SSSR count). The molecule has 0 fully saturated rings. The summed E-state index contributed by atoms with van der Waals surface area (Å²) in [5.41, 5.74) is 0.684. The van der Waals surface area contributed by atoms with Gasteiger partial charge in [0.2, 0.25) is 0 Å². The molecule has 0 spiro atoms. The summed E-state index contributed by atoms with van der Waals surface area (Å²) < 4.78 is 10.4. The maximum Gasteiger partial charge on any atom is 0.310 e. The number of benzene rings is 1. The maximum atomic E-state index is 11.1. The van der Waals surface area contributed by atoms with E-state index in [1.807, 2.05) is 0 Å². The van der Waals surface area contributed by atoms with E-state index in [2.05, 4.69) is 20.7 Å². The van der Waals surface area contributed by atoms with Crippen molar-refractivity contribution < 1.29 is 14.3 Å². The third-order valence-corrected chi connectivity index (χ3v) is 2.93. The molecule has 5 heteroatoms. The first-order chi connectivity index (χ1) is 7.10. The van der Waals surface area contributed by atoms with Gasteiger partial charge in [-0.2, -0.15) is 0 Å². The Balaban J connectivity index is 3.05. The van der Waals surface area contributed by atoms with Gasteiger partial charge in [-0.1, -0.05) is 17.7 Å². The minimum atomic E-state index is -0.332. The highest BCUT2D eigenvalue weighted by Gasteiger charge is 2.13. The molecule has 0 aromatic heterocycles. The second-order valence-electron chi connectivity index (χ2n) is 2.81. The van der Waals surface area contributed by atoms with Gasteiger partial charge in [0.25, 0.3) is 0 Å². The van der Waals surface area contributed by atoms with Crippen LogP contribution in [-0.4, -0.2) is 20.2 Å². The first-order valence-corrected chi connectivity index (χ1v) is 5.35. The maximum absolute atomic E-state index is 11.1. The normalized spacial score (nSPS) is 9.87. The molecule has 0 unspecified atom stereocenters. The average molecular weight is 294 g/mol. The molecular weight excluding hydrogens is 283 g/mol. The second-order valence-corrected chi connectivity index (χ2v) is 4.04. The lowest BCUT2D eigenvalue weighted by Gasteiger charge is -2.09. The molecule has 0 bridgehead atoms. The predicted molar refractivity (Wildman–Crippen MR) is 61.4 cm³/mol. The molecule has 3 nitrogen and oxygen atoms in total. The van der Waals surface area contributed by atoms with Crippen molar-refractivity contribution in [1.29, 1.82) is 0 Å². The quantitative estimate of drug-likeness (QED) is 0.804. The Bertz CT molecular complexity index is 379. The van der Waals surface area contributed by atoms with Gasteiger partial charge in [-0.05, 0) is 27.6 Å². The zero-order valence-corrected chi connectivity index (χ0v) is 10.7. The standard InChI is InChI=1S/C10H10BrClO3/c1-14-8(13)5-6-3-4-7(11)10(15-2)9(6)12/h3-4H,5H2,1-2H3. The summed E-state index contributed by atoms with van der Waals surface area (Å²) in [6.45, 7) is 0. The summed E-state index contributed by atoms with van der Waals surface area (Å²) >= 11 is 9.35. The van der Waals surface area contributed by atoms with Crippen LogP contribution >= 0.6 is 27.5 Å². The van der Waals surface area contributed by atoms with E-state index < -0.39 is 0 Å². The van der Waals surface area contributed by atoms with E-state index in [-0.39, 0.29) is 12.4 Å². The summed E-state index contributed by atoms with van der Waals surface area (Å²) in [4.78, 5) is 11.1. The highest BCUT2D eigenvalue weighted by molar-refractivity contribution is 9.10. The lowest BCUT2D eigenvalue weighted by atomic mass is 10.1. The lowest BCUT2D eigenvalue weighted by molar-refractivity contribution is -0.139. The largest absolute Gasteiger partial charge is 0.494 e. The van der Waals surface area contributed by atoms with E-state index >= 15 is 0 Å². The highest BCUT2D eigenvalue weighted by atomic mass is 79.9. The Morgan fingerprint density at radius 1 is 1.47 bits per heavy atom. The molecule has 0 saturated heterocycles. The lowest BCUT2D eigenvalue weighted by Crippen LogP contribution is -2.05. The minimum Gasteiger partial charge on any atom is -0.494 e. The summed E-state index contributed by atoms with van der Waals surface area (Å²) in [6, 6.07) is 3.54. The van der Waals surface area contributed by atoms with E-state index in [1.54, 1.807) is 12.1 Å². The third kappa shape index (κ3) is 2.86. The zero-order chi connectivity index (χ0) is 11.4. The first-order valence-electron chi connectivity index (χ1n) is 4.17. The molecule has 0 aliphatic heterocycles. The van der Waals surface area contributed by atoms with Crippen molar-refractivity contribution in [2.24, 2.45) is 0 Å². The van der Waals surface area contributed by atoms with E-state index in [4.69, 9.17) is 16.3 Å². The molecule has 0 aliphatic carbocycles. The summed E-state index contributed by atoms with van der Waals surface area (Å²) in [6.07, 6.45) is 0.138. The van der Waals surface area contributed by atoms with Crippen LogP contribution in [0.1, 0.15) is 5.56 Å². The Kier molecular flexibility index (Phi) is 4.42. The molecule has 82 valence electrons. The first kappa shape index (κ1) is 12.3. The SMILES string of the molecule is COC(=O)Cc1ccc(Br)c(OC)c1Cl. The minimum absolute atomic E-state index is 0.138. The number of ether oxygens (including phenoxy) is 2. The fourth-order valence-electron chi connectivity index (χ4n) is 1.12. The third-order valence-electron chi connectivity index (χ3n) is 1.90. The molecule has 15 heavy (non-hydrogen) atoms. The van der Waals surface area contributed by atoms with Crippen LogP contribution in [-0.2, 0) is 16.0 Å². The number of hydrogen-bond donors (Lipinski definition) is 0. The van der Waals surface area contributed by atoms with Crippen LogP contribution in [0.2, 0.25) is 5.02 Å². The number of halogens is 2. The van der Waals surface area contributed by atoms with Gasteiger partial charge in [0, 0.05) is 0 Å². The molecule has 0 saturated carbocycles. The van der Waals surface area contributed by atoms with Crippen LogP contribution in [0.15, 0.2) is 16.6 Å². The Morgan fingerprint density at radius 2 is 2.13 bits per heavy atom. The van der Waals surface area contributed by atoms with Gasteiger partial charge >= 0.3 is 5.97 Å². The number of carbonyl (C=O) groups is 1. The molecule has 0 heterocycles. The van der Waals surface area contributed by atoms with Gasteiger partial charge < -0.3 is 9.47 Å². The molecule has 0 atom stereocenters. The van der Waals surface area contributed by atoms with Gasteiger partial charge in [-0.25, -0.2) is 0 Å². The van der Waals surface area contributed by atoms with Gasteiger partial charge in [0.1, 0.15) is 0 Å². The van der Waals surface area contributed by atoms with Crippen LogP contribution < -0.4 is 4.74 Å². The van der Waals surface area contributed by atoms with Crippen LogP contribution in [0.5, 0.6) is 5.75 Å². The molecule has 0 radical (unpaired) electrons. The van der Waals surface area contributed by atoms with E-state index in [0.717, 1.165) is 4.47 Å². The zero-order valence-electron chi connectivity index (χ0n) is 8.34. The summed E-state index contributed by atoms with van der Waals surface area (Å²) in [7, 11) is 2.86. The van der Waals surface area contributed by atoms with Crippen LogP contribution in [0.3, 0.4) is 0 Å². The van der Waals surface area contributed by atoms with E-state index in [9.17, 15) is 4.79 Å². The number of hydrogen-bond acceptors (Lipinski definition) is 3. The van der Waals surface area contributed by atoms with E-state index in [1.165, 1.54) is 14.2 Å². The van der Waals surface area contributed by atoms with Crippen molar-refractivity contribution in [3.63, 3.8) is 0 Å². The topological polar surface area (TPSA) is 35.5 Å². The highest BCUT2D eigenvalue weighted by Crippen LogP contribution is 2.35. The Morgan fingerprint density at radius 3 is 2.67 bits per heavy atom. The van der Waals surface area contributed by atoms with Crippen LogP contribution in [0.25, 0.3) is 0 Å². The van der Waals surface area contributed by atoms with Crippen molar-refractivity contribution >= 4 is 33.5 Å². The monoisotopic (exact) mass is 292 g/mol. The van der Waals surface area contributed by atoms with Crippen molar-refractivity contribution in [3.05, 3.63) is 27.2 Å².